The number of carbonyl (C=O) groups is 1. The third kappa shape index (κ3) is 2.83. The number of primary amides is 1. The summed E-state index contributed by atoms with van der Waals surface area (Å²) < 4.78 is 0. The van der Waals surface area contributed by atoms with Gasteiger partial charge >= 0.3 is 0 Å². The lowest BCUT2D eigenvalue weighted by atomic mass is 10.1. The molecule has 1 aromatic heterocycles. The maximum absolute atomic E-state index is 10.4. The number of hydrogen-bond donors (Lipinski definition) is 1. The second-order valence-corrected chi connectivity index (χ2v) is 3.72. The van der Waals surface area contributed by atoms with E-state index >= 15 is 0 Å². The first kappa shape index (κ1) is 9.55. The van der Waals surface area contributed by atoms with E-state index in [4.69, 9.17) is 17.3 Å². The van der Waals surface area contributed by atoms with E-state index in [1.54, 1.807) is 11.3 Å². The van der Waals surface area contributed by atoms with E-state index in [2.05, 4.69) is 0 Å². The fourth-order valence-corrected chi connectivity index (χ4v) is 2.06. The van der Waals surface area contributed by atoms with Crippen LogP contribution in [0.25, 0.3) is 0 Å². The van der Waals surface area contributed by atoms with E-state index in [9.17, 15) is 4.79 Å². The molecule has 0 aliphatic heterocycles. The van der Waals surface area contributed by atoms with Crippen LogP contribution in [0.2, 0.25) is 5.02 Å². The molecule has 0 atom stereocenters. The molecular weight excluding hydrogens is 194 g/mol. The zero-order valence-corrected chi connectivity index (χ0v) is 8.12. The summed E-state index contributed by atoms with van der Waals surface area (Å²) in [6.45, 7) is 0. The highest BCUT2D eigenvalue weighted by molar-refractivity contribution is 7.08. The van der Waals surface area contributed by atoms with Crippen molar-refractivity contribution in [2.45, 2.75) is 19.3 Å². The van der Waals surface area contributed by atoms with Crippen LogP contribution in [0.4, 0.5) is 0 Å². The van der Waals surface area contributed by atoms with Gasteiger partial charge in [-0.15, -0.1) is 0 Å². The lowest BCUT2D eigenvalue weighted by molar-refractivity contribution is -0.118. The smallest absolute Gasteiger partial charge is 0.217 e. The van der Waals surface area contributed by atoms with Crippen LogP contribution < -0.4 is 5.73 Å². The Labute approximate surface area is 80.3 Å². The molecule has 1 rings (SSSR count). The van der Waals surface area contributed by atoms with Crippen molar-refractivity contribution in [3.05, 3.63) is 21.3 Å². The molecule has 12 heavy (non-hydrogen) atoms. The van der Waals surface area contributed by atoms with Crippen LogP contribution >= 0.6 is 22.9 Å². The van der Waals surface area contributed by atoms with E-state index in [0.29, 0.717) is 6.42 Å². The molecule has 4 heteroatoms. The molecule has 0 radical (unpaired) electrons. The Kier molecular flexibility index (Phi) is 3.56. The zero-order chi connectivity index (χ0) is 8.97. The number of aryl methyl sites for hydroxylation is 1. The Balaban J connectivity index is 2.33. The minimum absolute atomic E-state index is 0.249. The van der Waals surface area contributed by atoms with Crippen LogP contribution in [0.1, 0.15) is 18.4 Å². The van der Waals surface area contributed by atoms with Crippen LogP contribution in [0, 0.1) is 0 Å². The van der Waals surface area contributed by atoms with Gasteiger partial charge in [0.2, 0.25) is 5.91 Å². The molecule has 0 bridgehead atoms. The number of nitrogens with two attached hydrogens (primary N) is 1. The molecule has 0 saturated heterocycles. The molecule has 2 N–H and O–H groups in total. The Morgan fingerprint density at radius 1 is 1.58 bits per heavy atom. The van der Waals surface area contributed by atoms with E-state index in [1.165, 1.54) is 0 Å². The molecule has 0 saturated carbocycles. The van der Waals surface area contributed by atoms with Crippen molar-refractivity contribution in [3.8, 4) is 0 Å². The Morgan fingerprint density at radius 2 is 2.33 bits per heavy atom. The van der Waals surface area contributed by atoms with Gasteiger partial charge in [-0.2, -0.15) is 11.3 Å². The van der Waals surface area contributed by atoms with E-state index in [-0.39, 0.29) is 5.91 Å². The second-order valence-electron chi connectivity index (χ2n) is 2.56. The lowest BCUT2D eigenvalue weighted by Gasteiger charge is -1.96. The van der Waals surface area contributed by atoms with Gasteiger partial charge in [0.1, 0.15) is 0 Å². The molecule has 0 spiro atoms. The van der Waals surface area contributed by atoms with Crippen molar-refractivity contribution < 1.29 is 4.79 Å². The third-order valence-corrected chi connectivity index (χ3v) is 2.83. The van der Waals surface area contributed by atoms with Gasteiger partial charge in [0.05, 0.1) is 5.02 Å². The normalized spacial score (nSPS) is 10.1. The number of halogens is 1. The molecule has 0 unspecified atom stereocenters. The first-order chi connectivity index (χ1) is 5.70. The fourth-order valence-electron chi connectivity index (χ4n) is 0.939. The molecule has 0 aliphatic carbocycles. The van der Waals surface area contributed by atoms with Crippen molar-refractivity contribution in [2.24, 2.45) is 5.73 Å². The van der Waals surface area contributed by atoms with E-state index in [1.807, 2.05) is 10.8 Å². The van der Waals surface area contributed by atoms with Crippen molar-refractivity contribution >= 4 is 28.8 Å². The predicted octanol–water partition coefficient (Wildman–Crippen LogP) is 2.21. The van der Waals surface area contributed by atoms with Crippen molar-refractivity contribution in [3.63, 3.8) is 0 Å². The monoisotopic (exact) mass is 203 g/mol. The first-order valence-electron chi connectivity index (χ1n) is 3.69. The van der Waals surface area contributed by atoms with Gasteiger partial charge in [-0.1, -0.05) is 11.6 Å². The fraction of sp³-hybridized carbons (Fsp3) is 0.375. The summed E-state index contributed by atoms with van der Waals surface area (Å²) in [6.07, 6.45) is 2.06. The zero-order valence-electron chi connectivity index (χ0n) is 6.55. The number of hydrogen-bond acceptors (Lipinski definition) is 2. The Hall–Kier alpha value is -0.540. The summed E-state index contributed by atoms with van der Waals surface area (Å²) in [5.41, 5.74) is 6.11. The van der Waals surface area contributed by atoms with E-state index in [0.717, 1.165) is 23.4 Å². The Bertz CT molecular complexity index is 272. The van der Waals surface area contributed by atoms with Gasteiger partial charge in [-0.3, -0.25) is 4.79 Å². The van der Waals surface area contributed by atoms with E-state index < -0.39 is 0 Å². The quantitative estimate of drug-likeness (QED) is 0.801. The lowest BCUT2D eigenvalue weighted by Crippen LogP contribution is -2.10. The van der Waals surface area contributed by atoms with Crippen LogP contribution in [0.5, 0.6) is 0 Å². The standard InChI is InChI=1S/C8H10ClNOS/c9-7-5-12-4-6(7)2-1-3-8(10)11/h4-5H,1-3H2,(H2,10,11). The van der Waals surface area contributed by atoms with Crippen LogP contribution in [-0.2, 0) is 11.2 Å². The highest BCUT2D eigenvalue weighted by Gasteiger charge is 2.01. The number of amides is 1. The minimum Gasteiger partial charge on any atom is -0.370 e. The third-order valence-electron chi connectivity index (χ3n) is 1.56. The number of carbonyl (C=O) groups excluding carboxylic acids is 1. The summed E-state index contributed by atoms with van der Waals surface area (Å²) >= 11 is 7.43. The average Bonchev–Trinajstić information content (AvgIpc) is 2.36. The van der Waals surface area contributed by atoms with Gasteiger partial charge in [-0.25, -0.2) is 0 Å². The summed E-state index contributed by atoms with van der Waals surface area (Å²) in [5, 5.41) is 4.69. The van der Waals surface area contributed by atoms with Crippen LogP contribution in [-0.4, -0.2) is 5.91 Å². The molecule has 66 valence electrons. The molecule has 0 aromatic carbocycles. The molecule has 1 amide bonds. The maximum atomic E-state index is 10.4. The van der Waals surface area contributed by atoms with Gasteiger partial charge in [-0.05, 0) is 23.8 Å². The van der Waals surface area contributed by atoms with Crippen LogP contribution in [0.3, 0.4) is 0 Å². The van der Waals surface area contributed by atoms with Crippen LogP contribution in [0.15, 0.2) is 10.8 Å². The summed E-state index contributed by atoms with van der Waals surface area (Å²) in [5.74, 6) is -0.249. The van der Waals surface area contributed by atoms with Crippen molar-refractivity contribution in [2.75, 3.05) is 0 Å². The number of thiophene rings is 1. The van der Waals surface area contributed by atoms with Gasteiger partial charge in [0.15, 0.2) is 0 Å². The first-order valence-corrected chi connectivity index (χ1v) is 5.01. The topological polar surface area (TPSA) is 43.1 Å². The highest BCUT2D eigenvalue weighted by Crippen LogP contribution is 2.22. The SMILES string of the molecule is NC(=O)CCCc1cscc1Cl. The summed E-state index contributed by atoms with van der Waals surface area (Å²) in [6, 6.07) is 0. The molecule has 2 nitrogen and oxygen atoms in total. The van der Waals surface area contributed by atoms with Crippen molar-refractivity contribution in [1.29, 1.82) is 0 Å². The molecule has 0 aliphatic rings. The predicted molar refractivity (Wildman–Crippen MR) is 51.5 cm³/mol. The molecule has 0 fully saturated rings. The Morgan fingerprint density at radius 3 is 2.83 bits per heavy atom. The van der Waals surface area contributed by atoms with Gasteiger partial charge < -0.3 is 5.73 Å². The largest absolute Gasteiger partial charge is 0.370 e. The summed E-state index contributed by atoms with van der Waals surface area (Å²) in [4.78, 5) is 10.4. The molecule has 1 aromatic rings. The summed E-state index contributed by atoms with van der Waals surface area (Å²) in [7, 11) is 0. The highest BCUT2D eigenvalue weighted by atomic mass is 35.5. The minimum atomic E-state index is -0.249. The molecular formula is C8H10ClNOS. The molecule has 1 heterocycles. The second kappa shape index (κ2) is 4.48. The number of rotatable bonds is 4. The van der Waals surface area contributed by atoms with Gasteiger partial charge in [0, 0.05) is 11.8 Å². The van der Waals surface area contributed by atoms with Crippen molar-refractivity contribution in [1.82, 2.24) is 0 Å². The average molecular weight is 204 g/mol. The van der Waals surface area contributed by atoms with Gasteiger partial charge in [0.25, 0.3) is 0 Å². The maximum Gasteiger partial charge on any atom is 0.217 e.